The van der Waals surface area contributed by atoms with E-state index in [1.165, 1.54) is 4.90 Å². The fourth-order valence-corrected chi connectivity index (χ4v) is 2.67. The molecule has 0 aromatic heterocycles. The molecule has 0 aliphatic carbocycles. The first-order chi connectivity index (χ1) is 8.11. The van der Waals surface area contributed by atoms with Crippen molar-refractivity contribution in [2.75, 3.05) is 6.54 Å². The molecule has 5 heteroatoms. The molecule has 4 nitrogen and oxygen atoms in total. The van der Waals surface area contributed by atoms with Crippen LogP contribution < -0.4 is 0 Å². The quantitative estimate of drug-likeness (QED) is 0.834. The average molecular weight is 345 g/mol. The van der Waals surface area contributed by atoms with Crippen molar-refractivity contribution in [3.05, 3.63) is 33.4 Å². The molecule has 0 radical (unpaired) electrons. The smallest absolute Gasteiger partial charge is 0.326 e. The second-order valence-electron chi connectivity index (χ2n) is 3.97. The standard InChI is InChI=1S/C12H12INO3/c13-9-5-2-1-4-8(9)11(15)14-7-3-6-10(14)12(16)17/h1-2,4-5,10H,3,6-7H2,(H,16,17). The largest absolute Gasteiger partial charge is 0.480 e. The van der Waals surface area contributed by atoms with E-state index in [0.29, 0.717) is 18.5 Å². The number of carboxylic acids is 1. The van der Waals surface area contributed by atoms with Gasteiger partial charge in [0.05, 0.1) is 5.56 Å². The average Bonchev–Trinajstić information content (AvgIpc) is 2.77. The SMILES string of the molecule is O=C(O)C1CCCN1C(=O)c1ccccc1I. The van der Waals surface area contributed by atoms with Gasteiger partial charge in [-0.05, 0) is 47.6 Å². The van der Waals surface area contributed by atoms with Crippen LogP contribution in [0.1, 0.15) is 23.2 Å². The predicted octanol–water partition coefficient (Wildman–Crippen LogP) is 1.98. The molecule has 1 atom stereocenters. The van der Waals surface area contributed by atoms with E-state index in [9.17, 15) is 9.59 Å². The van der Waals surface area contributed by atoms with Crippen LogP contribution in [-0.2, 0) is 4.79 Å². The molecule has 0 spiro atoms. The maximum atomic E-state index is 12.2. The zero-order valence-corrected chi connectivity index (χ0v) is 11.3. The number of amides is 1. The molecule has 2 rings (SSSR count). The van der Waals surface area contributed by atoms with Crippen molar-refractivity contribution in [2.45, 2.75) is 18.9 Å². The van der Waals surface area contributed by atoms with E-state index >= 15 is 0 Å². The molecule has 1 heterocycles. The lowest BCUT2D eigenvalue weighted by atomic mass is 10.1. The Morgan fingerprint density at radius 1 is 1.35 bits per heavy atom. The lowest BCUT2D eigenvalue weighted by Gasteiger charge is -2.21. The van der Waals surface area contributed by atoms with Gasteiger partial charge in [-0.2, -0.15) is 0 Å². The number of likely N-dealkylation sites (tertiary alicyclic amines) is 1. The molecule has 0 saturated carbocycles. The Kier molecular flexibility index (Phi) is 3.66. The summed E-state index contributed by atoms with van der Waals surface area (Å²) < 4.78 is 0.853. The van der Waals surface area contributed by atoms with Gasteiger partial charge in [0.1, 0.15) is 6.04 Å². The summed E-state index contributed by atoms with van der Waals surface area (Å²) in [5.74, 6) is -1.10. The first-order valence-corrected chi connectivity index (χ1v) is 6.47. The van der Waals surface area contributed by atoms with Crippen molar-refractivity contribution in [2.24, 2.45) is 0 Å². The Balaban J connectivity index is 2.26. The number of benzene rings is 1. The lowest BCUT2D eigenvalue weighted by Crippen LogP contribution is -2.40. The van der Waals surface area contributed by atoms with Crippen LogP contribution in [0, 0.1) is 3.57 Å². The molecule has 1 amide bonds. The topological polar surface area (TPSA) is 57.6 Å². The van der Waals surface area contributed by atoms with E-state index in [2.05, 4.69) is 22.6 Å². The minimum atomic E-state index is -0.915. The molecular weight excluding hydrogens is 333 g/mol. The summed E-state index contributed by atoms with van der Waals surface area (Å²) in [5, 5.41) is 9.05. The maximum absolute atomic E-state index is 12.2. The molecule has 90 valence electrons. The first-order valence-electron chi connectivity index (χ1n) is 5.39. The zero-order valence-electron chi connectivity index (χ0n) is 9.10. The van der Waals surface area contributed by atoms with Crippen molar-refractivity contribution in [1.82, 2.24) is 4.90 Å². The lowest BCUT2D eigenvalue weighted by molar-refractivity contribution is -0.141. The number of rotatable bonds is 2. The van der Waals surface area contributed by atoms with Gasteiger partial charge in [-0.25, -0.2) is 4.79 Å². The van der Waals surface area contributed by atoms with Crippen LogP contribution in [0.3, 0.4) is 0 Å². The summed E-state index contributed by atoms with van der Waals surface area (Å²) in [5.41, 5.74) is 0.584. The number of hydrogen-bond donors (Lipinski definition) is 1. The number of carbonyl (C=O) groups is 2. The molecule has 1 unspecified atom stereocenters. The molecule has 17 heavy (non-hydrogen) atoms. The van der Waals surface area contributed by atoms with Gasteiger partial charge in [0, 0.05) is 10.1 Å². The number of hydrogen-bond acceptors (Lipinski definition) is 2. The van der Waals surface area contributed by atoms with Gasteiger partial charge in [0.25, 0.3) is 5.91 Å². The Bertz CT molecular complexity index is 461. The number of nitrogens with zero attached hydrogens (tertiary/aromatic N) is 1. The third kappa shape index (κ3) is 2.43. The maximum Gasteiger partial charge on any atom is 0.326 e. The highest BCUT2D eigenvalue weighted by Crippen LogP contribution is 2.22. The van der Waals surface area contributed by atoms with Crippen molar-refractivity contribution in [1.29, 1.82) is 0 Å². The zero-order chi connectivity index (χ0) is 12.4. The molecule has 1 aliphatic heterocycles. The number of carboxylic acid groups (broad SMARTS) is 1. The molecule has 1 aromatic carbocycles. The molecule has 1 N–H and O–H groups in total. The summed E-state index contributed by atoms with van der Waals surface area (Å²) in [4.78, 5) is 24.7. The van der Waals surface area contributed by atoms with E-state index in [4.69, 9.17) is 5.11 Å². The van der Waals surface area contributed by atoms with Gasteiger partial charge in [0.15, 0.2) is 0 Å². The Morgan fingerprint density at radius 3 is 2.71 bits per heavy atom. The monoisotopic (exact) mass is 345 g/mol. The van der Waals surface area contributed by atoms with Gasteiger partial charge in [-0.15, -0.1) is 0 Å². The van der Waals surface area contributed by atoms with Crippen LogP contribution in [0.2, 0.25) is 0 Å². The summed E-state index contributed by atoms with van der Waals surface area (Å²) in [7, 11) is 0. The van der Waals surface area contributed by atoms with Gasteiger partial charge in [-0.3, -0.25) is 4.79 Å². The van der Waals surface area contributed by atoms with E-state index in [1.807, 2.05) is 12.1 Å². The molecule has 0 bridgehead atoms. The molecular formula is C12H12INO3. The van der Waals surface area contributed by atoms with E-state index in [0.717, 1.165) is 9.99 Å². The van der Waals surface area contributed by atoms with E-state index < -0.39 is 12.0 Å². The van der Waals surface area contributed by atoms with Crippen LogP contribution in [0.4, 0.5) is 0 Å². The molecule has 1 fully saturated rings. The van der Waals surface area contributed by atoms with Gasteiger partial charge >= 0.3 is 5.97 Å². The Morgan fingerprint density at radius 2 is 2.06 bits per heavy atom. The number of aliphatic carboxylic acids is 1. The second kappa shape index (κ2) is 5.03. The summed E-state index contributed by atoms with van der Waals surface area (Å²) in [6.45, 7) is 0.529. The van der Waals surface area contributed by atoms with E-state index in [1.54, 1.807) is 12.1 Å². The highest BCUT2D eigenvalue weighted by Gasteiger charge is 2.34. The van der Waals surface area contributed by atoms with Crippen LogP contribution >= 0.6 is 22.6 Å². The Hall–Kier alpha value is -1.11. The predicted molar refractivity (Wildman–Crippen MR) is 70.9 cm³/mol. The minimum absolute atomic E-state index is 0.181. The summed E-state index contributed by atoms with van der Waals surface area (Å²) >= 11 is 2.09. The second-order valence-corrected chi connectivity index (χ2v) is 5.14. The number of halogens is 1. The number of carbonyl (C=O) groups excluding carboxylic acids is 1. The summed E-state index contributed by atoms with van der Waals surface area (Å²) in [6, 6.07) is 6.57. The van der Waals surface area contributed by atoms with Gasteiger partial charge in [0.2, 0.25) is 0 Å². The normalized spacial score (nSPS) is 19.4. The highest BCUT2D eigenvalue weighted by molar-refractivity contribution is 14.1. The van der Waals surface area contributed by atoms with Crippen LogP contribution in [0.25, 0.3) is 0 Å². The fraction of sp³-hybridized carbons (Fsp3) is 0.333. The fourth-order valence-electron chi connectivity index (χ4n) is 2.06. The van der Waals surface area contributed by atoms with E-state index in [-0.39, 0.29) is 5.91 Å². The highest BCUT2D eigenvalue weighted by atomic mass is 127. The minimum Gasteiger partial charge on any atom is -0.480 e. The molecule has 1 aromatic rings. The van der Waals surface area contributed by atoms with Crippen molar-refractivity contribution < 1.29 is 14.7 Å². The van der Waals surface area contributed by atoms with Crippen LogP contribution in [-0.4, -0.2) is 34.5 Å². The van der Waals surface area contributed by atoms with Crippen LogP contribution in [0.15, 0.2) is 24.3 Å². The summed E-state index contributed by atoms with van der Waals surface area (Å²) in [6.07, 6.45) is 1.30. The van der Waals surface area contributed by atoms with Crippen molar-refractivity contribution >= 4 is 34.5 Å². The molecule has 1 saturated heterocycles. The van der Waals surface area contributed by atoms with Gasteiger partial charge in [-0.1, -0.05) is 12.1 Å². The van der Waals surface area contributed by atoms with Crippen molar-refractivity contribution in [3.8, 4) is 0 Å². The van der Waals surface area contributed by atoms with Crippen molar-refractivity contribution in [3.63, 3.8) is 0 Å². The first kappa shape index (κ1) is 12.3. The molecule has 1 aliphatic rings. The third-order valence-electron chi connectivity index (χ3n) is 2.90. The third-order valence-corrected chi connectivity index (χ3v) is 3.84. The van der Waals surface area contributed by atoms with Gasteiger partial charge < -0.3 is 10.0 Å². The Labute approximate surface area is 113 Å². The van der Waals surface area contributed by atoms with Crippen LogP contribution in [0.5, 0.6) is 0 Å².